The molecule has 130 valence electrons. The molecule has 0 aliphatic heterocycles. The molecular weight excluding hydrogens is 484 g/mol. The SMILES string of the molecule is N#C/C(=C/c1ccc(Br)cc1)c1ccc(/C(C#N)=C/c2ccc(Br)cc2)s1. The largest absolute Gasteiger partial charge is 0.192 e. The predicted molar refractivity (Wildman–Crippen MR) is 120 cm³/mol. The van der Waals surface area contributed by atoms with Crippen molar-refractivity contribution in [1.29, 1.82) is 10.5 Å². The van der Waals surface area contributed by atoms with Crippen LogP contribution >= 0.6 is 43.2 Å². The first-order valence-electron chi connectivity index (χ1n) is 7.94. The number of allylic oxidation sites excluding steroid dienone is 2. The van der Waals surface area contributed by atoms with Crippen LogP contribution in [0.3, 0.4) is 0 Å². The summed E-state index contributed by atoms with van der Waals surface area (Å²) in [5.74, 6) is 0. The summed E-state index contributed by atoms with van der Waals surface area (Å²) in [5, 5.41) is 19.1. The number of hydrogen-bond donors (Lipinski definition) is 0. The van der Waals surface area contributed by atoms with E-state index >= 15 is 0 Å². The van der Waals surface area contributed by atoms with Crippen molar-refractivity contribution in [2.45, 2.75) is 0 Å². The molecule has 3 rings (SSSR count). The van der Waals surface area contributed by atoms with Gasteiger partial charge in [0, 0.05) is 18.7 Å². The summed E-state index contributed by atoms with van der Waals surface area (Å²) in [6.45, 7) is 0. The van der Waals surface area contributed by atoms with E-state index in [1.807, 2.05) is 72.8 Å². The van der Waals surface area contributed by atoms with Gasteiger partial charge in [-0.1, -0.05) is 56.1 Å². The number of halogens is 2. The molecule has 3 aromatic rings. The van der Waals surface area contributed by atoms with Crippen LogP contribution in [0.1, 0.15) is 20.9 Å². The molecule has 0 N–H and O–H groups in total. The molecule has 0 atom stereocenters. The standard InChI is InChI=1S/C22H12Br2N2S/c23-19-5-1-15(2-6-19)11-17(13-25)21-9-10-22(27-21)18(14-26)12-16-3-7-20(24)8-4-16/h1-12H/b17-11-,18-12+. The van der Waals surface area contributed by atoms with Crippen LogP contribution in [0.25, 0.3) is 23.3 Å². The van der Waals surface area contributed by atoms with Gasteiger partial charge in [-0.2, -0.15) is 10.5 Å². The summed E-state index contributed by atoms with van der Waals surface area (Å²) in [6, 6.07) is 23.9. The molecule has 0 saturated heterocycles. The average molecular weight is 496 g/mol. The maximum absolute atomic E-state index is 9.56. The van der Waals surface area contributed by atoms with Crippen LogP contribution in [-0.2, 0) is 0 Å². The average Bonchev–Trinajstić information content (AvgIpc) is 3.17. The first kappa shape index (κ1) is 19.3. The van der Waals surface area contributed by atoms with Gasteiger partial charge in [-0.15, -0.1) is 11.3 Å². The van der Waals surface area contributed by atoms with E-state index < -0.39 is 0 Å². The number of nitrogens with zero attached hydrogens (tertiary/aromatic N) is 2. The summed E-state index contributed by atoms with van der Waals surface area (Å²) in [6.07, 6.45) is 3.71. The summed E-state index contributed by atoms with van der Waals surface area (Å²) in [7, 11) is 0. The molecule has 0 spiro atoms. The van der Waals surface area contributed by atoms with Crippen LogP contribution in [0.15, 0.2) is 69.6 Å². The molecule has 2 aromatic carbocycles. The minimum Gasteiger partial charge on any atom is -0.192 e. The van der Waals surface area contributed by atoms with E-state index in [1.54, 1.807) is 0 Å². The lowest BCUT2D eigenvalue weighted by molar-refractivity contribution is 1.53. The van der Waals surface area contributed by atoms with E-state index in [9.17, 15) is 10.5 Å². The molecule has 0 unspecified atom stereocenters. The fourth-order valence-corrected chi connectivity index (χ4v) is 3.86. The molecule has 2 nitrogen and oxygen atoms in total. The predicted octanol–water partition coefficient (Wildman–Crippen LogP) is 7.40. The fourth-order valence-electron chi connectivity index (χ4n) is 2.40. The maximum atomic E-state index is 9.56. The molecule has 27 heavy (non-hydrogen) atoms. The van der Waals surface area contributed by atoms with Gasteiger partial charge in [0.05, 0.1) is 11.1 Å². The summed E-state index contributed by atoms with van der Waals surface area (Å²) < 4.78 is 1.99. The molecule has 1 heterocycles. The number of benzene rings is 2. The lowest BCUT2D eigenvalue weighted by Gasteiger charge is -1.98. The molecule has 0 saturated carbocycles. The Hall–Kier alpha value is -2.44. The van der Waals surface area contributed by atoms with Gasteiger partial charge < -0.3 is 0 Å². The molecule has 0 aliphatic carbocycles. The second-order valence-corrected chi connectivity index (χ2v) is 8.52. The maximum Gasteiger partial charge on any atom is 0.101 e. The van der Waals surface area contributed by atoms with E-state index in [-0.39, 0.29) is 0 Å². The topological polar surface area (TPSA) is 47.6 Å². The third kappa shape index (κ3) is 5.05. The molecule has 5 heteroatoms. The van der Waals surface area contributed by atoms with Gasteiger partial charge >= 0.3 is 0 Å². The Morgan fingerprint density at radius 1 is 0.667 bits per heavy atom. The van der Waals surface area contributed by atoms with Crippen molar-refractivity contribution in [3.05, 3.63) is 90.5 Å². The second-order valence-electron chi connectivity index (χ2n) is 5.61. The molecule has 1 aromatic heterocycles. The highest BCUT2D eigenvalue weighted by Gasteiger charge is 2.09. The van der Waals surface area contributed by atoms with Crippen LogP contribution in [0.2, 0.25) is 0 Å². The van der Waals surface area contributed by atoms with E-state index in [2.05, 4.69) is 44.0 Å². The zero-order valence-electron chi connectivity index (χ0n) is 14.0. The smallest absolute Gasteiger partial charge is 0.101 e. The van der Waals surface area contributed by atoms with Gasteiger partial charge in [-0.05, 0) is 59.7 Å². The fraction of sp³-hybridized carbons (Fsp3) is 0. The first-order chi connectivity index (χ1) is 13.1. The Bertz CT molecular complexity index is 1000. The Labute approximate surface area is 179 Å². The summed E-state index contributed by atoms with van der Waals surface area (Å²) in [5.41, 5.74) is 3.07. The van der Waals surface area contributed by atoms with Crippen molar-refractivity contribution < 1.29 is 0 Å². The number of rotatable bonds is 4. The van der Waals surface area contributed by atoms with Crippen LogP contribution in [0, 0.1) is 22.7 Å². The van der Waals surface area contributed by atoms with Crippen molar-refractivity contribution >= 4 is 66.5 Å². The van der Waals surface area contributed by atoms with Gasteiger partial charge in [-0.25, -0.2) is 0 Å². The lowest BCUT2D eigenvalue weighted by atomic mass is 10.1. The van der Waals surface area contributed by atoms with Gasteiger partial charge in [-0.3, -0.25) is 0 Å². The van der Waals surface area contributed by atoms with Crippen LogP contribution in [0.5, 0.6) is 0 Å². The van der Waals surface area contributed by atoms with Crippen molar-refractivity contribution in [2.24, 2.45) is 0 Å². The van der Waals surface area contributed by atoms with Crippen LogP contribution in [-0.4, -0.2) is 0 Å². The second kappa shape index (κ2) is 8.97. The van der Waals surface area contributed by atoms with Crippen molar-refractivity contribution in [1.82, 2.24) is 0 Å². The number of nitriles is 2. The number of thiophene rings is 1. The first-order valence-corrected chi connectivity index (χ1v) is 10.3. The molecule has 0 radical (unpaired) electrons. The summed E-state index contributed by atoms with van der Waals surface area (Å²) >= 11 is 8.26. The quantitative estimate of drug-likeness (QED) is 0.354. The van der Waals surface area contributed by atoms with Gasteiger partial charge in [0.1, 0.15) is 12.1 Å². The van der Waals surface area contributed by atoms with E-state index in [0.29, 0.717) is 11.1 Å². The zero-order chi connectivity index (χ0) is 19.2. The Kier molecular flexibility index (Phi) is 6.42. The number of hydrogen-bond acceptors (Lipinski definition) is 3. The Balaban J connectivity index is 1.92. The Morgan fingerprint density at radius 2 is 1.04 bits per heavy atom. The van der Waals surface area contributed by atoms with Gasteiger partial charge in [0.25, 0.3) is 0 Å². The molecule has 0 aliphatic rings. The van der Waals surface area contributed by atoms with Gasteiger partial charge in [0.15, 0.2) is 0 Å². The molecule has 0 amide bonds. The third-order valence-corrected chi connectivity index (χ3v) is 5.95. The molecule has 0 bridgehead atoms. The lowest BCUT2D eigenvalue weighted by Crippen LogP contribution is -1.78. The van der Waals surface area contributed by atoms with Crippen LogP contribution in [0.4, 0.5) is 0 Å². The summed E-state index contributed by atoms with van der Waals surface area (Å²) in [4.78, 5) is 1.68. The van der Waals surface area contributed by atoms with Gasteiger partial charge in [0.2, 0.25) is 0 Å². The third-order valence-electron chi connectivity index (χ3n) is 3.74. The molecular formula is C22H12Br2N2S. The zero-order valence-corrected chi connectivity index (χ0v) is 18.0. The van der Waals surface area contributed by atoms with Crippen LogP contribution < -0.4 is 0 Å². The monoisotopic (exact) mass is 494 g/mol. The highest BCUT2D eigenvalue weighted by molar-refractivity contribution is 9.10. The van der Waals surface area contributed by atoms with E-state index in [1.165, 1.54) is 11.3 Å². The van der Waals surface area contributed by atoms with E-state index in [4.69, 9.17) is 0 Å². The highest BCUT2D eigenvalue weighted by Crippen LogP contribution is 2.31. The van der Waals surface area contributed by atoms with Crippen molar-refractivity contribution in [2.75, 3.05) is 0 Å². The minimum atomic E-state index is 0.578. The van der Waals surface area contributed by atoms with E-state index in [0.717, 1.165) is 29.8 Å². The minimum absolute atomic E-state index is 0.578. The molecule has 0 fully saturated rings. The Morgan fingerprint density at radius 3 is 1.37 bits per heavy atom. The van der Waals surface area contributed by atoms with Crippen molar-refractivity contribution in [3.8, 4) is 12.1 Å². The normalized spacial score (nSPS) is 11.7. The highest BCUT2D eigenvalue weighted by atomic mass is 79.9. The van der Waals surface area contributed by atoms with Crippen molar-refractivity contribution in [3.63, 3.8) is 0 Å².